The van der Waals surface area contributed by atoms with Crippen LogP contribution in [0.4, 0.5) is 20.6 Å². The lowest BCUT2D eigenvalue weighted by Crippen LogP contribution is -2.29. The molecule has 0 aliphatic heterocycles. The van der Waals surface area contributed by atoms with Crippen molar-refractivity contribution >= 4 is 29.2 Å². The van der Waals surface area contributed by atoms with E-state index in [2.05, 4.69) is 34.7 Å². The Bertz CT molecular complexity index is 1370. The molecular formula is C26H25FN6O3S. The first-order chi connectivity index (χ1) is 17.8. The second kappa shape index (κ2) is 11.7. The molecule has 0 saturated carbocycles. The Kier molecular flexibility index (Phi) is 8.14. The van der Waals surface area contributed by atoms with Crippen LogP contribution in [0, 0.1) is 15.9 Å². The molecule has 0 unspecified atom stereocenters. The molecule has 11 heteroatoms. The third kappa shape index (κ3) is 6.70. The number of urea groups is 1. The molecule has 0 saturated heterocycles. The van der Waals surface area contributed by atoms with Gasteiger partial charge in [0.05, 0.1) is 11.5 Å². The van der Waals surface area contributed by atoms with E-state index in [0.717, 1.165) is 5.56 Å². The zero-order valence-electron chi connectivity index (χ0n) is 20.2. The number of hydrogen-bond acceptors (Lipinski definition) is 6. The van der Waals surface area contributed by atoms with Crippen LogP contribution in [0.5, 0.6) is 0 Å². The van der Waals surface area contributed by atoms with Crippen LogP contribution in [-0.2, 0) is 12.3 Å². The molecule has 0 bridgehead atoms. The lowest BCUT2D eigenvalue weighted by molar-refractivity contribution is -0.384. The summed E-state index contributed by atoms with van der Waals surface area (Å²) in [5, 5.41) is 25.7. The number of nitrogens with zero attached hydrogens (tertiary/aromatic N) is 4. The Labute approximate surface area is 217 Å². The minimum Gasteiger partial charge on any atom is -0.331 e. The standard InChI is InChI=1S/C26H25FN6O3S/c1-17(2)19-5-9-21(10-6-19)29-25(34)28-15-24-30-31-26(37-16-18-3-7-20(27)8-4-18)32(24)22-11-13-23(14-12-22)33(35)36/h3-14,17H,15-16H2,1-2H3,(H2,28,29,34). The van der Waals surface area contributed by atoms with Crippen LogP contribution in [0.15, 0.2) is 78.0 Å². The first-order valence-electron chi connectivity index (χ1n) is 11.5. The van der Waals surface area contributed by atoms with Gasteiger partial charge in [-0.1, -0.05) is 49.9 Å². The third-order valence-corrected chi connectivity index (χ3v) is 6.54. The van der Waals surface area contributed by atoms with Gasteiger partial charge in [0, 0.05) is 29.3 Å². The number of aromatic nitrogens is 3. The molecule has 0 radical (unpaired) electrons. The number of non-ortho nitro benzene ring substituents is 1. The van der Waals surface area contributed by atoms with Crippen LogP contribution in [0.2, 0.25) is 0 Å². The van der Waals surface area contributed by atoms with Crippen molar-refractivity contribution in [2.24, 2.45) is 0 Å². The van der Waals surface area contributed by atoms with Gasteiger partial charge in [0.2, 0.25) is 0 Å². The Morgan fingerprint density at radius 3 is 2.32 bits per heavy atom. The molecule has 3 aromatic carbocycles. The zero-order chi connectivity index (χ0) is 26.4. The summed E-state index contributed by atoms with van der Waals surface area (Å²) in [7, 11) is 0. The number of nitrogens with one attached hydrogen (secondary N) is 2. The van der Waals surface area contributed by atoms with Crippen molar-refractivity contribution in [3.8, 4) is 5.69 Å². The van der Waals surface area contributed by atoms with Crippen molar-refractivity contribution in [3.05, 3.63) is 106 Å². The SMILES string of the molecule is CC(C)c1ccc(NC(=O)NCc2nnc(SCc3ccc(F)cc3)n2-c2ccc([N+](=O)[O-])cc2)cc1. The van der Waals surface area contributed by atoms with Crippen molar-refractivity contribution in [1.82, 2.24) is 20.1 Å². The van der Waals surface area contributed by atoms with Crippen molar-refractivity contribution in [1.29, 1.82) is 0 Å². The molecule has 2 amide bonds. The van der Waals surface area contributed by atoms with Gasteiger partial charge in [-0.3, -0.25) is 14.7 Å². The summed E-state index contributed by atoms with van der Waals surface area (Å²) < 4.78 is 15.0. The summed E-state index contributed by atoms with van der Waals surface area (Å²) in [5.41, 5.74) is 3.30. The Morgan fingerprint density at radius 2 is 1.70 bits per heavy atom. The highest BCUT2D eigenvalue weighted by Gasteiger charge is 2.17. The quantitative estimate of drug-likeness (QED) is 0.158. The normalized spacial score (nSPS) is 10.9. The van der Waals surface area contributed by atoms with E-state index >= 15 is 0 Å². The number of amides is 2. The predicted molar refractivity (Wildman–Crippen MR) is 140 cm³/mol. The van der Waals surface area contributed by atoms with Gasteiger partial charge in [-0.05, 0) is 53.4 Å². The maximum absolute atomic E-state index is 13.2. The number of carbonyl (C=O) groups excluding carboxylic acids is 1. The van der Waals surface area contributed by atoms with E-state index in [9.17, 15) is 19.3 Å². The average Bonchev–Trinajstić information content (AvgIpc) is 3.30. The summed E-state index contributed by atoms with van der Waals surface area (Å²) >= 11 is 1.38. The fourth-order valence-corrected chi connectivity index (χ4v) is 4.43. The Hall–Kier alpha value is -4.25. The first kappa shape index (κ1) is 25.8. The fourth-order valence-electron chi connectivity index (χ4n) is 3.51. The molecule has 1 heterocycles. The molecule has 0 aliphatic rings. The number of rotatable bonds is 9. The number of carbonyl (C=O) groups is 1. The lowest BCUT2D eigenvalue weighted by Gasteiger charge is -2.12. The molecule has 37 heavy (non-hydrogen) atoms. The fraction of sp³-hybridized carbons (Fsp3) is 0.192. The van der Waals surface area contributed by atoms with Crippen LogP contribution in [0.25, 0.3) is 5.69 Å². The van der Waals surface area contributed by atoms with E-state index in [1.165, 1.54) is 41.6 Å². The molecule has 4 rings (SSSR count). The molecule has 4 aromatic rings. The minimum atomic E-state index is -0.472. The van der Waals surface area contributed by atoms with Crippen LogP contribution in [0.3, 0.4) is 0 Å². The first-order valence-corrected chi connectivity index (χ1v) is 12.5. The van der Waals surface area contributed by atoms with E-state index in [1.807, 2.05) is 24.3 Å². The highest BCUT2D eigenvalue weighted by atomic mass is 32.2. The number of thioether (sulfide) groups is 1. The largest absolute Gasteiger partial charge is 0.331 e. The summed E-state index contributed by atoms with van der Waals surface area (Å²) in [4.78, 5) is 23.1. The average molecular weight is 521 g/mol. The van der Waals surface area contributed by atoms with Gasteiger partial charge < -0.3 is 10.6 Å². The van der Waals surface area contributed by atoms with E-state index in [-0.39, 0.29) is 18.0 Å². The molecule has 1 aromatic heterocycles. The number of benzene rings is 3. The predicted octanol–water partition coefficient (Wildman–Crippen LogP) is 6.05. The van der Waals surface area contributed by atoms with Gasteiger partial charge in [-0.15, -0.1) is 10.2 Å². The molecule has 0 fully saturated rings. The van der Waals surface area contributed by atoms with Gasteiger partial charge in [-0.2, -0.15) is 0 Å². The van der Waals surface area contributed by atoms with Crippen LogP contribution in [-0.4, -0.2) is 25.7 Å². The molecule has 0 aliphatic carbocycles. The van der Waals surface area contributed by atoms with Gasteiger partial charge in [0.25, 0.3) is 5.69 Å². The summed E-state index contributed by atoms with van der Waals surface area (Å²) in [6.07, 6.45) is 0. The van der Waals surface area contributed by atoms with E-state index in [0.29, 0.717) is 34.0 Å². The van der Waals surface area contributed by atoms with E-state index in [1.54, 1.807) is 28.8 Å². The van der Waals surface area contributed by atoms with Crippen LogP contribution < -0.4 is 10.6 Å². The summed E-state index contributed by atoms with van der Waals surface area (Å²) in [5.74, 6) is 1.03. The van der Waals surface area contributed by atoms with E-state index < -0.39 is 11.0 Å². The number of halogens is 1. The number of nitro benzene ring substituents is 1. The lowest BCUT2D eigenvalue weighted by atomic mass is 10.0. The molecule has 0 spiro atoms. The molecular weight excluding hydrogens is 495 g/mol. The Morgan fingerprint density at radius 1 is 1.03 bits per heavy atom. The third-order valence-electron chi connectivity index (χ3n) is 5.54. The number of hydrogen-bond donors (Lipinski definition) is 2. The van der Waals surface area contributed by atoms with Crippen LogP contribution >= 0.6 is 11.8 Å². The maximum Gasteiger partial charge on any atom is 0.319 e. The highest BCUT2D eigenvalue weighted by molar-refractivity contribution is 7.98. The van der Waals surface area contributed by atoms with Crippen molar-refractivity contribution < 1.29 is 14.1 Å². The van der Waals surface area contributed by atoms with Crippen molar-refractivity contribution in [3.63, 3.8) is 0 Å². The van der Waals surface area contributed by atoms with Crippen LogP contribution in [0.1, 0.15) is 36.7 Å². The molecule has 2 N–H and O–H groups in total. The number of nitro groups is 1. The second-order valence-electron chi connectivity index (χ2n) is 8.51. The summed E-state index contributed by atoms with van der Waals surface area (Å²) in [6.45, 7) is 4.27. The van der Waals surface area contributed by atoms with Crippen molar-refractivity contribution in [2.75, 3.05) is 5.32 Å². The Balaban J connectivity index is 1.50. The van der Waals surface area contributed by atoms with Crippen molar-refractivity contribution in [2.45, 2.75) is 37.2 Å². The maximum atomic E-state index is 13.2. The minimum absolute atomic E-state index is 0.0418. The van der Waals surface area contributed by atoms with Gasteiger partial charge in [0.1, 0.15) is 5.82 Å². The van der Waals surface area contributed by atoms with Gasteiger partial charge >= 0.3 is 6.03 Å². The van der Waals surface area contributed by atoms with Gasteiger partial charge in [-0.25, -0.2) is 9.18 Å². The smallest absolute Gasteiger partial charge is 0.319 e. The second-order valence-corrected chi connectivity index (χ2v) is 9.45. The monoisotopic (exact) mass is 520 g/mol. The zero-order valence-corrected chi connectivity index (χ0v) is 21.0. The molecule has 9 nitrogen and oxygen atoms in total. The summed E-state index contributed by atoms with van der Waals surface area (Å²) in [6, 6.07) is 19.4. The molecule has 0 atom stereocenters. The topological polar surface area (TPSA) is 115 Å². The number of anilines is 1. The highest BCUT2D eigenvalue weighted by Crippen LogP contribution is 2.26. The van der Waals surface area contributed by atoms with E-state index in [4.69, 9.17) is 0 Å². The van der Waals surface area contributed by atoms with Gasteiger partial charge in [0.15, 0.2) is 11.0 Å². The molecule has 190 valence electrons.